The average Bonchev–Trinajstić information content (AvgIpc) is 2.78. The summed E-state index contributed by atoms with van der Waals surface area (Å²) in [5.41, 5.74) is 3.87. The third-order valence-corrected chi connectivity index (χ3v) is 4.76. The van der Waals surface area contributed by atoms with Gasteiger partial charge in [-0.05, 0) is 43.9 Å². The van der Waals surface area contributed by atoms with E-state index >= 15 is 0 Å². The lowest BCUT2D eigenvalue weighted by atomic mass is 9.86. The Kier molecular flexibility index (Phi) is 6.48. The number of carbonyl (C=O) groups is 3. The van der Waals surface area contributed by atoms with Crippen molar-refractivity contribution in [3.8, 4) is 0 Å². The molecule has 5 nitrogen and oxygen atoms in total. The number of Topliss-reactive ketones (excluding diaryl/α,β-unsaturated/α-hetero) is 2. The van der Waals surface area contributed by atoms with Crippen molar-refractivity contribution in [1.82, 2.24) is 5.32 Å². The molecule has 0 aliphatic heterocycles. The van der Waals surface area contributed by atoms with Crippen LogP contribution in [0.2, 0.25) is 0 Å². The number of amides is 1. The van der Waals surface area contributed by atoms with Crippen LogP contribution in [0.5, 0.6) is 0 Å². The molecule has 1 aromatic rings. The van der Waals surface area contributed by atoms with Gasteiger partial charge in [-0.2, -0.15) is 0 Å². The van der Waals surface area contributed by atoms with Crippen molar-refractivity contribution in [3.63, 3.8) is 0 Å². The molecule has 136 valence electrons. The summed E-state index contributed by atoms with van der Waals surface area (Å²) in [4.78, 5) is 37.3. The monoisotopic (exact) mass is 345 g/mol. The van der Waals surface area contributed by atoms with E-state index in [4.69, 9.17) is 4.74 Å². The maximum absolute atomic E-state index is 12.8. The van der Waals surface area contributed by atoms with Crippen molar-refractivity contribution in [1.29, 1.82) is 0 Å². The highest BCUT2D eigenvalue weighted by molar-refractivity contribution is 6.15. The van der Waals surface area contributed by atoms with Crippen molar-refractivity contribution >= 4 is 17.5 Å². The Labute approximate surface area is 149 Å². The number of benzene rings is 1. The minimum atomic E-state index is -0.716. The molecular formula is C20H27NO4. The summed E-state index contributed by atoms with van der Waals surface area (Å²) in [5, 5.41) is 2.78. The van der Waals surface area contributed by atoms with Crippen LogP contribution in [0.25, 0.3) is 0 Å². The lowest BCUT2D eigenvalue weighted by Gasteiger charge is -2.16. The molecule has 0 saturated heterocycles. The fourth-order valence-corrected chi connectivity index (χ4v) is 3.72. The van der Waals surface area contributed by atoms with Crippen LogP contribution in [0.3, 0.4) is 0 Å². The molecule has 2 unspecified atom stereocenters. The smallest absolute Gasteiger partial charge is 0.220 e. The zero-order valence-corrected chi connectivity index (χ0v) is 15.5. The van der Waals surface area contributed by atoms with E-state index < -0.39 is 11.8 Å². The Morgan fingerprint density at radius 2 is 1.84 bits per heavy atom. The molecule has 1 aliphatic rings. The van der Waals surface area contributed by atoms with Gasteiger partial charge in [0.05, 0.1) is 0 Å². The molecule has 0 radical (unpaired) electrons. The van der Waals surface area contributed by atoms with Crippen LogP contribution >= 0.6 is 0 Å². The number of ether oxygens (including phenoxy) is 1. The number of methoxy groups -OCH3 is 1. The number of aryl methyl sites for hydroxylation is 3. The first-order chi connectivity index (χ1) is 11.8. The van der Waals surface area contributed by atoms with Gasteiger partial charge in [0.2, 0.25) is 5.91 Å². The molecular weight excluding hydrogens is 318 g/mol. The standard InChI is InChI=1S/C20H27NO4/c1-12-8-13(2)18(14(3)9-12)19-16(22)10-15(20(19)24)11-17(23)21-6-5-7-25-4/h8-9,15,19H,5-7,10-11H2,1-4H3,(H,21,23). The van der Waals surface area contributed by atoms with Crippen LogP contribution in [-0.2, 0) is 19.1 Å². The van der Waals surface area contributed by atoms with Crippen molar-refractivity contribution in [2.45, 2.75) is 46.0 Å². The minimum absolute atomic E-state index is 0.0720. The van der Waals surface area contributed by atoms with E-state index in [0.717, 1.165) is 28.7 Å². The van der Waals surface area contributed by atoms with E-state index in [1.165, 1.54) is 0 Å². The molecule has 2 rings (SSSR count). The third kappa shape index (κ3) is 4.54. The molecule has 1 saturated carbocycles. The van der Waals surface area contributed by atoms with Crippen LogP contribution in [0.15, 0.2) is 12.1 Å². The second-order valence-electron chi connectivity index (χ2n) is 6.92. The number of carbonyl (C=O) groups excluding carboxylic acids is 3. The van der Waals surface area contributed by atoms with Crippen LogP contribution in [-0.4, -0.2) is 37.7 Å². The molecule has 0 aromatic heterocycles. The van der Waals surface area contributed by atoms with E-state index in [1.807, 2.05) is 32.9 Å². The highest BCUT2D eigenvalue weighted by atomic mass is 16.5. The molecule has 5 heteroatoms. The van der Waals surface area contributed by atoms with Crippen LogP contribution in [0.1, 0.15) is 47.4 Å². The Morgan fingerprint density at radius 3 is 2.44 bits per heavy atom. The fraction of sp³-hybridized carbons (Fsp3) is 0.550. The second kappa shape index (κ2) is 8.39. The Bertz CT molecular complexity index is 657. The quantitative estimate of drug-likeness (QED) is 0.608. The normalized spacial score (nSPS) is 20.2. The van der Waals surface area contributed by atoms with E-state index in [0.29, 0.717) is 13.2 Å². The van der Waals surface area contributed by atoms with Gasteiger partial charge in [-0.1, -0.05) is 17.7 Å². The van der Waals surface area contributed by atoms with Gasteiger partial charge < -0.3 is 10.1 Å². The number of rotatable bonds is 7. The first kappa shape index (κ1) is 19.3. The van der Waals surface area contributed by atoms with Gasteiger partial charge in [0.15, 0.2) is 5.78 Å². The van der Waals surface area contributed by atoms with Gasteiger partial charge in [0, 0.05) is 39.0 Å². The second-order valence-corrected chi connectivity index (χ2v) is 6.92. The summed E-state index contributed by atoms with van der Waals surface area (Å²) in [6, 6.07) is 4.00. The molecule has 1 amide bonds. The highest BCUT2D eigenvalue weighted by Crippen LogP contribution is 2.37. The summed E-state index contributed by atoms with van der Waals surface area (Å²) in [6.45, 7) is 6.96. The van der Waals surface area contributed by atoms with Gasteiger partial charge in [-0.25, -0.2) is 0 Å². The molecule has 1 fully saturated rings. The predicted octanol–water partition coefficient (Wildman–Crippen LogP) is 2.40. The van der Waals surface area contributed by atoms with Gasteiger partial charge >= 0.3 is 0 Å². The maximum atomic E-state index is 12.8. The maximum Gasteiger partial charge on any atom is 0.220 e. The number of hydrogen-bond acceptors (Lipinski definition) is 4. The predicted molar refractivity (Wildman–Crippen MR) is 95.6 cm³/mol. The topological polar surface area (TPSA) is 72.5 Å². The van der Waals surface area contributed by atoms with E-state index in [9.17, 15) is 14.4 Å². The summed E-state index contributed by atoms with van der Waals surface area (Å²) in [6.07, 6.45) is 0.962. The lowest BCUT2D eigenvalue weighted by molar-refractivity contribution is -0.128. The molecule has 1 aromatic carbocycles. The van der Waals surface area contributed by atoms with Gasteiger partial charge in [-0.15, -0.1) is 0 Å². The SMILES string of the molecule is COCCCNC(=O)CC1CC(=O)C(c2c(C)cc(C)cc2C)C1=O. The zero-order chi connectivity index (χ0) is 18.6. The first-order valence-electron chi connectivity index (χ1n) is 8.75. The third-order valence-electron chi connectivity index (χ3n) is 4.76. The molecule has 0 bridgehead atoms. The van der Waals surface area contributed by atoms with Crippen molar-refractivity contribution in [2.75, 3.05) is 20.3 Å². The van der Waals surface area contributed by atoms with Crippen molar-refractivity contribution < 1.29 is 19.1 Å². The average molecular weight is 345 g/mol. The fourth-order valence-electron chi connectivity index (χ4n) is 3.72. The molecule has 1 aliphatic carbocycles. The van der Waals surface area contributed by atoms with Crippen LogP contribution in [0.4, 0.5) is 0 Å². The summed E-state index contributed by atoms with van der Waals surface area (Å²) in [5.74, 6) is -1.60. The van der Waals surface area contributed by atoms with Gasteiger partial charge in [0.25, 0.3) is 0 Å². The number of ketones is 2. The largest absolute Gasteiger partial charge is 0.385 e. The zero-order valence-electron chi connectivity index (χ0n) is 15.5. The Hall–Kier alpha value is -2.01. The van der Waals surface area contributed by atoms with Crippen LogP contribution in [0, 0.1) is 26.7 Å². The number of nitrogens with one attached hydrogen (secondary N) is 1. The van der Waals surface area contributed by atoms with Gasteiger partial charge in [-0.3, -0.25) is 14.4 Å². The van der Waals surface area contributed by atoms with Gasteiger partial charge in [0.1, 0.15) is 11.7 Å². The first-order valence-corrected chi connectivity index (χ1v) is 8.75. The molecule has 1 N–H and O–H groups in total. The molecule has 0 heterocycles. The van der Waals surface area contributed by atoms with Crippen molar-refractivity contribution in [3.05, 3.63) is 34.4 Å². The van der Waals surface area contributed by atoms with Crippen molar-refractivity contribution in [2.24, 2.45) is 5.92 Å². The lowest BCUT2D eigenvalue weighted by Crippen LogP contribution is -2.28. The van der Waals surface area contributed by atoms with E-state index in [-0.39, 0.29) is 30.3 Å². The Balaban J connectivity index is 2.07. The van der Waals surface area contributed by atoms with Crippen LogP contribution < -0.4 is 5.32 Å². The molecule has 2 atom stereocenters. The van der Waals surface area contributed by atoms with E-state index in [1.54, 1.807) is 7.11 Å². The minimum Gasteiger partial charge on any atom is -0.385 e. The summed E-state index contributed by atoms with van der Waals surface area (Å²) >= 11 is 0. The Morgan fingerprint density at radius 1 is 1.20 bits per heavy atom. The molecule has 25 heavy (non-hydrogen) atoms. The summed E-state index contributed by atoms with van der Waals surface area (Å²) < 4.78 is 4.93. The van der Waals surface area contributed by atoms with E-state index in [2.05, 4.69) is 5.32 Å². The highest BCUT2D eigenvalue weighted by Gasteiger charge is 2.43. The molecule has 0 spiro atoms. The summed E-state index contributed by atoms with van der Waals surface area (Å²) in [7, 11) is 1.61. The number of hydrogen-bond donors (Lipinski definition) is 1.